The van der Waals surface area contributed by atoms with E-state index in [9.17, 15) is 4.79 Å². The molecule has 26 heavy (non-hydrogen) atoms. The summed E-state index contributed by atoms with van der Waals surface area (Å²) < 4.78 is 13.3. The van der Waals surface area contributed by atoms with Crippen LogP contribution in [0.3, 0.4) is 0 Å². The van der Waals surface area contributed by atoms with E-state index >= 15 is 0 Å². The van der Waals surface area contributed by atoms with Crippen molar-refractivity contribution < 1.29 is 14.3 Å². The number of rotatable bonds is 5. The molecule has 8 nitrogen and oxygen atoms in total. The average Bonchev–Trinajstić information content (AvgIpc) is 3.08. The molecule has 1 aliphatic rings. The molecular formula is C17H23N5O3S. The summed E-state index contributed by atoms with van der Waals surface area (Å²) in [6.45, 7) is 6.92. The van der Waals surface area contributed by atoms with Crippen LogP contribution in [-0.4, -0.2) is 63.1 Å². The lowest BCUT2D eigenvalue weighted by atomic mass is 10.1. The summed E-state index contributed by atoms with van der Waals surface area (Å²) in [7, 11) is 1.76. The number of thioether (sulfide) groups is 1. The SMILES string of the molecule is CN(C[C@H]1COc2ccccc2O1)C(=O)CSc1nnnn1C(C)(C)C. The molecule has 1 atom stereocenters. The van der Waals surface area contributed by atoms with Gasteiger partial charge in [0.2, 0.25) is 11.1 Å². The molecule has 0 unspecified atom stereocenters. The predicted octanol–water partition coefficient (Wildman–Crippen LogP) is 1.82. The summed E-state index contributed by atoms with van der Waals surface area (Å²) >= 11 is 1.33. The predicted molar refractivity (Wildman–Crippen MR) is 97.5 cm³/mol. The maximum atomic E-state index is 12.4. The van der Waals surface area contributed by atoms with E-state index in [4.69, 9.17) is 9.47 Å². The van der Waals surface area contributed by atoms with Crippen LogP contribution in [0.1, 0.15) is 20.8 Å². The van der Waals surface area contributed by atoms with Gasteiger partial charge in [-0.05, 0) is 43.3 Å². The maximum Gasteiger partial charge on any atom is 0.232 e. The normalized spacial score (nSPS) is 16.4. The number of fused-ring (bicyclic) bond motifs is 1. The summed E-state index contributed by atoms with van der Waals surface area (Å²) in [4.78, 5) is 14.1. The first kappa shape index (κ1) is 18.5. The number of aromatic nitrogens is 4. The van der Waals surface area contributed by atoms with Crippen molar-refractivity contribution in [2.75, 3.05) is 26.0 Å². The molecule has 0 saturated carbocycles. The number of carbonyl (C=O) groups is 1. The van der Waals surface area contributed by atoms with Crippen molar-refractivity contribution in [1.82, 2.24) is 25.1 Å². The Morgan fingerprint density at radius 1 is 1.35 bits per heavy atom. The van der Waals surface area contributed by atoms with Crippen LogP contribution in [0.2, 0.25) is 0 Å². The zero-order valence-electron chi connectivity index (χ0n) is 15.4. The van der Waals surface area contributed by atoms with Crippen LogP contribution in [0.25, 0.3) is 0 Å². The number of para-hydroxylation sites is 2. The average molecular weight is 377 g/mol. The lowest BCUT2D eigenvalue weighted by Crippen LogP contribution is -2.42. The summed E-state index contributed by atoms with van der Waals surface area (Å²) in [5.74, 6) is 1.70. The van der Waals surface area contributed by atoms with E-state index in [1.807, 2.05) is 45.0 Å². The van der Waals surface area contributed by atoms with Crippen LogP contribution in [0, 0.1) is 0 Å². The quantitative estimate of drug-likeness (QED) is 0.735. The Kier molecular flexibility index (Phi) is 5.36. The second-order valence-electron chi connectivity index (χ2n) is 7.10. The van der Waals surface area contributed by atoms with Crippen LogP contribution in [0.5, 0.6) is 11.5 Å². The molecule has 0 saturated heterocycles. The molecule has 1 aromatic heterocycles. The van der Waals surface area contributed by atoms with Gasteiger partial charge in [0.05, 0.1) is 17.8 Å². The van der Waals surface area contributed by atoms with Crippen LogP contribution >= 0.6 is 11.8 Å². The second-order valence-corrected chi connectivity index (χ2v) is 8.05. The molecular weight excluding hydrogens is 354 g/mol. The number of hydrogen-bond acceptors (Lipinski definition) is 7. The fourth-order valence-corrected chi connectivity index (χ4v) is 3.49. The molecule has 0 radical (unpaired) electrons. The molecule has 140 valence electrons. The Hall–Kier alpha value is -2.29. The first-order valence-corrected chi connectivity index (χ1v) is 9.37. The largest absolute Gasteiger partial charge is 0.486 e. The molecule has 2 aromatic rings. The van der Waals surface area contributed by atoms with Gasteiger partial charge >= 0.3 is 0 Å². The topological polar surface area (TPSA) is 82.4 Å². The van der Waals surface area contributed by atoms with Crippen molar-refractivity contribution in [2.45, 2.75) is 37.6 Å². The summed E-state index contributed by atoms with van der Waals surface area (Å²) in [6.07, 6.45) is -0.191. The van der Waals surface area contributed by atoms with Crippen LogP contribution in [-0.2, 0) is 10.3 Å². The Morgan fingerprint density at radius 2 is 2.08 bits per heavy atom. The second kappa shape index (κ2) is 7.53. The highest BCUT2D eigenvalue weighted by Gasteiger charge is 2.25. The van der Waals surface area contributed by atoms with Gasteiger partial charge in [-0.25, -0.2) is 4.68 Å². The van der Waals surface area contributed by atoms with Gasteiger partial charge in [-0.1, -0.05) is 23.9 Å². The van der Waals surface area contributed by atoms with E-state index in [1.165, 1.54) is 11.8 Å². The van der Waals surface area contributed by atoms with Crippen LogP contribution in [0.15, 0.2) is 29.4 Å². The van der Waals surface area contributed by atoms with Gasteiger partial charge in [-0.2, -0.15) is 0 Å². The molecule has 0 bridgehead atoms. The van der Waals surface area contributed by atoms with Gasteiger partial charge in [0.1, 0.15) is 6.61 Å². The van der Waals surface area contributed by atoms with Crippen molar-refractivity contribution >= 4 is 17.7 Å². The zero-order valence-corrected chi connectivity index (χ0v) is 16.2. The smallest absolute Gasteiger partial charge is 0.232 e. The van der Waals surface area contributed by atoms with E-state index in [-0.39, 0.29) is 23.3 Å². The van der Waals surface area contributed by atoms with Crippen LogP contribution in [0.4, 0.5) is 0 Å². The van der Waals surface area contributed by atoms with E-state index < -0.39 is 0 Å². The first-order chi connectivity index (χ1) is 12.3. The Balaban J connectivity index is 1.52. The monoisotopic (exact) mass is 377 g/mol. The fraction of sp³-hybridized carbons (Fsp3) is 0.529. The maximum absolute atomic E-state index is 12.4. The lowest BCUT2D eigenvalue weighted by Gasteiger charge is -2.29. The zero-order chi connectivity index (χ0) is 18.7. The third-order valence-corrected chi connectivity index (χ3v) is 4.78. The van der Waals surface area contributed by atoms with E-state index in [2.05, 4.69) is 15.5 Å². The molecule has 1 amide bonds. The number of tetrazole rings is 1. The third kappa shape index (κ3) is 4.27. The fourth-order valence-electron chi connectivity index (χ4n) is 2.49. The molecule has 0 spiro atoms. The number of amides is 1. The molecule has 0 N–H and O–H groups in total. The lowest BCUT2D eigenvalue weighted by molar-refractivity contribution is -0.128. The van der Waals surface area contributed by atoms with Gasteiger partial charge in [-0.15, -0.1) is 5.10 Å². The number of likely N-dealkylation sites (N-methyl/N-ethyl adjacent to an activating group) is 1. The van der Waals surface area contributed by atoms with Crippen molar-refractivity contribution in [2.24, 2.45) is 0 Å². The molecule has 1 aliphatic heterocycles. The molecule has 0 aliphatic carbocycles. The summed E-state index contributed by atoms with van der Waals surface area (Å²) in [5, 5.41) is 12.3. The van der Waals surface area contributed by atoms with Crippen molar-refractivity contribution in [1.29, 1.82) is 0 Å². The standard InChI is InChI=1S/C17H23N5O3S/c1-17(2,3)22-16(18-19-20-22)26-11-15(23)21(4)9-12-10-24-13-7-5-6-8-14(13)25-12/h5-8,12H,9-11H2,1-4H3/t12-/m0/s1. The summed E-state index contributed by atoms with van der Waals surface area (Å²) in [6, 6.07) is 7.54. The Bertz CT molecular complexity index is 774. The van der Waals surface area contributed by atoms with Gasteiger partial charge in [0.25, 0.3) is 0 Å². The summed E-state index contributed by atoms with van der Waals surface area (Å²) in [5.41, 5.74) is -0.235. The molecule has 1 aromatic carbocycles. The highest BCUT2D eigenvalue weighted by Crippen LogP contribution is 2.31. The van der Waals surface area contributed by atoms with Crippen molar-refractivity contribution in [3.8, 4) is 11.5 Å². The van der Waals surface area contributed by atoms with Gasteiger partial charge in [0, 0.05) is 7.05 Å². The van der Waals surface area contributed by atoms with Gasteiger partial charge < -0.3 is 14.4 Å². The minimum absolute atomic E-state index is 0.0130. The van der Waals surface area contributed by atoms with E-state index in [1.54, 1.807) is 16.6 Å². The number of nitrogens with zero attached hydrogens (tertiary/aromatic N) is 5. The van der Waals surface area contributed by atoms with E-state index in [0.717, 1.165) is 5.75 Å². The van der Waals surface area contributed by atoms with Crippen molar-refractivity contribution in [3.63, 3.8) is 0 Å². The number of hydrogen-bond donors (Lipinski definition) is 0. The van der Waals surface area contributed by atoms with Gasteiger partial charge in [-0.3, -0.25) is 4.79 Å². The molecule has 9 heteroatoms. The van der Waals surface area contributed by atoms with E-state index in [0.29, 0.717) is 24.1 Å². The van der Waals surface area contributed by atoms with Crippen molar-refractivity contribution in [3.05, 3.63) is 24.3 Å². The highest BCUT2D eigenvalue weighted by molar-refractivity contribution is 7.99. The number of benzene rings is 1. The minimum atomic E-state index is -0.235. The first-order valence-electron chi connectivity index (χ1n) is 8.38. The molecule has 0 fully saturated rings. The molecule has 3 rings (SSSR count). The third-order valence-electron chi connectivity index (χ3n) is 3.87. The Labute approximate surface area is 156 Å². The minimum Gasteiger partial charge on any atom is -0.486 e. The number of ether oxygens (including phenoxy) is 2. The molecule has 2 heterocycles. The van der Waals surface area contributed by atoms with Crippen LogP contribution < -0.4 is 9.47 Å². The number of carbonyl (C=O) groups excluding carboxylic acids is 1. The Morgan fingerprint density at radius 3 is 2.81 bits per heavy atom. The van der Waals surface area contributed by atoms with Gasteiger partial charge in [0.15, 0.2) is 17.6 Å². The highest BCUT2D eigenvalue weighted by atomic mass is 32.2.